The zero-order chi connectivity index (χ0) is 23.8. The number of benzene rings is 2. The van der Waals surface area contributed by atoms with Gasteiger partial charge in [-0.2, -0.15) is 18.2 Å². The molecule has 32 heavy (non-hydrogen) atoms. The number of alkyl halides is 3. The van der Waals surface area contributed by atoms with E-state index in [-0.39, 0.29) is 11.1 Å². The van der Waals surface area contributed by atoms with Crippen molar-refractivity contribution in [1.82, 2.24) is 9.97 Å². The number of aromatic nitrogens is 2. The van der Waals surface area contributed by atoms with Gasteiger partial charge in [-0.25, -0.2) is 22.9 Å². The number of hydrogen-bond acceptors (Lipinski definition) is 5. The average Bonchev–Trinajstić information content (AvgIpc) is 2.66. The number of anilines is 1. The van der Waals surface area contributed by atoms with Crippen LogP contribution >= 0.6 is 11.6 Å². The molecule has 0 fully saturated rings. The van der Waals surface area contributed by atoms with Crippen molar-refractivity contribution in [2.75, 3.05) is 4.72 Å². The number of aryl methyl sites for hydroxylation is 2. The molecule has 0 radical (unpaired) electrons. The number of halogens is 4. The zero-order valence-electron chi connectivity index (χ0n) is 16.5. The highest BCUT2D eigenvalue weighted by Crippen LogP contribution is 2.42. The van der Waals surface area contributed by atoms with Crippen molar-refractivity contribution in [2.24, 2.45) is 0 Å². The van der Waals surface area contributed by atoms with Crippen molar-refractivity contribution in [3.8, 4) is 11.3 Å². The zero-order valence-corrected chi connectivity index (χ0v) is 18.1. The molecular formula is C20H15ClF3N3O4S. The van der Waals surface area contributed by atoms with Crippen molar-refractivity contribution in [2.45, 2.75) is 24.9 Å². The second-order valence-corrected chi connectivity index (χ2v) is 8.81. The standard InChI is InChI=1S/C20H15ClF3N3O4S/c1-10-5-3-6-11(2)14(10)16-15(20(22,23)24)17(21)26-19(25-16)27-32(30,31)13-8-4-7-12(9-13)18(28)29/h3-9H,1-2H3,(H,28,29)(H,25,26,27). The number of carbonyl (C=O) groups is 1. The van der Waals surface area contributed by atoms with Gasteiger partial charge in [0, 0.05) is 5.56 Å². The SMILES string of the molecule is Cc1cccc(C)c1-c1nc(NS(=O)(=O)c2cccc(C(=O)O)c2)nc(Cl)c1C(F)(F)F. The van der Waals surface area contributed by atoms with Crippen LogP contribution < -0.4 is 4.72 Å². The molecule has 0 unspecified atom stereocenters. The molecule has 1 heterocycles. The number of sulfonamides is 1. The lowest BCUT2D eigenvalue weighted by Crippen LogP contribution is -2.18. The van der Waals surface area contributed by atoms with Crippen LogP contribution in [0.4, 0.5) is 19.1 Å². The van der Waals surface area contributed by atoms with Crippen LogP contribution in [-0.4, -0.2) is 29.5 Å². The lowest BCUT2D eigenvalue weighted by Gasteiger charge is -2.18. The quantitative estimate of drug-likeness (QED) is 0.496. The van der Waals surface area contributed by atoms with E-state index >= 15 is 0 Å². The van der Waals surface area contributed by atoms with E-state index in [9.17, 15) is 26.4 Å². The van der Waals surface area contributed by atoms with Gasteiger partial charge in [-0.1, -0.05) is 35.9 Å². The highest BCUT2D eigenvalue weighted by Gasteiger charge is 2.39. The number of hydrogen-bond donors (Lipinski definition) is 2. The molecule has 168 valence electrons. The molecule has 0 aliphatic carbocycles. The van der Waals surface area contributed by atoms with Gasteiger partial charge in [0.05, 0.1) is 16.2 Å². The largest absolute Gasteiger partial charge is 0.478 e. The van der Waals surface area contributed by atoms with Gasteiger partial charge >= 0.3 is 12.1 Å². The van der Waals surface area contributed by atoms with Crippen molar-refractivity contribution >= 4 is 33.5 Å². The molecule has 3 aromatic rings. The molecule has 2 aromatic carbocycles. The summed E-state index contributed by atoms with van der Waals surface area (Å²) in [6, 6.07) is 9.23. The Kier molecular flexibility index (Phi) is 6.16. The third-order valence-electron chi connectivity index (χ3n) is 4.48. The highest BCUT2D eigenvalue weighted by atomic mass is 35.5. The summed E-state index contributed by atoms with van der Waals surface area (Å²) in [6.45, 7) is 3.17. The number of rotatable bonds is 5. The average molecular weight is 486 g/mol. The van der Waals surface area contributed by atoms with Gasteiger partial charge in [0.15, 0.2) is 0 Å². The number of carboxylic acids is 1. The van der Waals surface area contributed by atoms with Crippen LogP contribution in [0.25, 0.3) is 11.3 Å². The normalized spacial score (nSPS) is 11.9. The van der Waals surface area contributed by atoms with E-state index < -0.39 is 49.4 Å². The maximum Gasteiger partial charge on any atom is 0.421 e. The molecular weight excluding hydrogens is 471 g/mol. The van der Waals surface area contributed by atoms with Crippen molar-refractivity contribution < 1.29 is 31.5 Å². The Morgan fingerprint density at radius 2 is 1.66 bits per heavy atom. The van der Waals surface area contributed by atoms with Crippen LogP contribution in [0.5, 0.6) is 0 Å². The summed E-state index contributed by atoms with van der Waals surface area (Å²) >= 11 is 5.83. The third-order valence-corrected chi connectivity index (χ3v) is 6.08. The number of carboxylic acid groups (broad SMARTS) is 1. The molecule has 0 saturated carbocycles. The molecule has 0 atom stereocenters. The van der Waals surface area contributed by atoms with E-state index in [1.54, 1.807) is 32.0 Å². The third kappa shape index (κ3) is 4.68. The van der Waals surface area contributed by atoms with Crippen LogP contribution in [-0.2, 0) is 16.2 Å². The van der Waals surface area contributed by atoms with Gasteiger partial charge in [-0.15, -0.1) is 0 Å². The van der Waals surface area contributed by atoms with Crippen molar-refractivity contribution in [3.05, 3.63) is 69.9 Å². The van der Waals surface area contributed by atoms with E-state index in [0.29, 0.717) is 11.1 Å². The first-order valence-corrected chi connectivity index (χ1v) is 10.7. The number of nitrogens with zero attached hydrogens (tertiary/aromatic N) is 2. The Hall–Kier alpha value is -3.18. The Balaban J connectivity index is 2.18. The number of aromatic carboxylic acids is 1. The van der Waals surface area contributed by atoms with Crippen LogP contribution in [0.15, 0.2) is 47.4 Å². The Labute approximate surface area is 186 Å². The van der Waals surface area contributed by atoms with E-state index in [4.69, 9.17) is 16.7 Å². The van der Waals surface area contributed by atoms with E-state index in [2.05, 4.69) is 9.97 Å². The molecule has 1 aromatic heterocycles. The fraction of sp³-hybridized carbons (Fsp3) is 0.150. The van der Waals surface area contributed by atoms with Gasteiger partial charge in [0.25, 0.3) is 10.0 Å². The lowest BCUT2D eigenvalue weighted by molar-refractivity contribution is -0.137. The van der Waals surface area contributed by atoms with Gasteiger partial charge in [0.1, 0.15) is 10.7 Å². The maximum absolute atomic E-state index is 13.8. The fourth-order valence-electron chi connectivity index (χ4n) is 3.07. The summed E-state index contributed by atoms with van der Waals surface area (Å²) in [4.78, 5) is 18.0. The summed E-state index contributed by atoms with van der Waals surface area (Å²) in [5.74, 6) is -2.05. The Bertz CT molecular complexity index is 1310. The van der Waals surface area contributed by atoms with Gasteiger partial charge in [-0.3, -0.25) is 0 Å². The molecule has 0 saturated heterocycles. The molecule has 0 spiro atoms. The van der Waals surface area contributed by atoms with Gasteiger partial charge < -0.3 is 5.11 Å². The van der Waals surface area contributed by atoms with Crippen LogP contribution in [0, 0.1) is 13.8 Å². The minimum atomic E-state index is -4.91. The summed E-state index contributed by atoms with van der Waals surface area (Å²) in [5.41, 5.74) is -1.10. The van der Waals surface area contributed by atoms with Crippen LogP contribution in [0.2, 0.25) is 5.15 Å². The number of nitrogens with one attached hydrogen (secondary N) is 1. The molecule has 3 rings (SSSR count). The minimum Gasteiger partial charge on any atom is -0.478 e. The smallest absolute Gasteiger partial charge is 0.421 e. The van der Waals surface area contributed by atoms with Crippen LogP contribution in [0.3, 0.4) is 0 Å². The molecule has 0 amide bonds. The van der Waals surface area contributed by atoms with Crippen LogP contribution in [0.1, 0.15) is 27.0 Å². The first-order chi connectivity index (χ1) is 14.8. The first kappa shape index (κ1) is 23.5. The predicted molar refractivity (Wildman–Crippen MR) is 111 cm³/mol. The van der Waals surface area contributed by atoms with Crippen molar-refractivity contribution in [1.29, 1.82) is 0 Å². The summed E-state index contributed by atoms with van der Waals surface area (Å²) < 4.78 is 68.6. The summed E-state index contributed by atoms with van der Waals surface area (Å²) in [6.07, 6.45) is -4.91. The molecule has 0 bridgehead atoms. The second-order valence-electron chi connectivity index (χ2n) is 6.76. The summed E-state index contributed by atoms with van der Waals surface area (Å²) in [5, 5.41) is 8.07. The molecule has 7 nitrogen and oxygen atoms in total. The topological polar surface area (TPSA) is 109 Å². The predicted octanol–water partition coefficient (Wildman–Crippen LogP) is 4.93. The molecule has 0 aliphatic rings. The maximum atomic E-state index is 13.8. The highest BCUT2D eigenvalue weighted by molar-refractivity contribution is 7.92. The van der Waals surface area contributed by atoms with Crippen molar-refractivity contribution in [3.63, 3.8) is 0 Å². The fourth-order valence-corrected chi connectivity index (χ4v) is 4.34. The molecule has 12 heteroatoms. The lowest BCUT2D eigenvalue weighted by atomic mass is 9.97. The monoisotopic (exact) mass is 485 g/mol. The van der Waals surface area contributed by atoms with Gasteiger partial charge in [-0.05, 0) is 43.2 Å². The molecule has 0 aliphatic heterocycles. The second kappa shape index (κ2) is 8.40. The van der Waals surface area contributed by atoms with E-state index in [0.717, 1.165) is 12.1 Å². The first-order valence-electron chi connectivity index (χ1n) is 8.89. The van der Waals surface area contributed by atoms with E-state index in [1.807, 2.05) is 4.72 Å². The minimum absolute atomic E-state index is 0.137. The Morgan fingerprint density at radius 3 is 2.22 bits per heavy atom. The summed E-state index contributed by atoms with van der Waals surface area (Å²) in [7, 11) is -4.43. The Morgan fingerprint density at radius 1 is 1.06 bits per heavy atom. The molecule has 2 N–H and O–H groups in total. The van der Waals surface area contributed by atoms with E-state index in [1.165, 1.54) is 12.1 Å². The van der Waals surface area contributed by atoms with Gasteiger partial charge in [0.2, 0.25) is 5.95 Å².